The zero-order chi connectivity index (χ0) is 12.8. The van der Waals surface area contributed by atoms with E-state index < -0.39 is 0 Å². The van der Waals surface area contributed by atoms with Crippen LogP contribution in [0.3, 0.4) is 0 Å². The van der Waals surface area contributed by atoms with Gasteiger partial charge >= 0.3 is 0 Å². The van der Waals surface area contributed by atoms with Gasteiger partial charge in [-0.05, 0) is 12.8 Å². The largest absolute Gasteiger partial charge is 0.396 e. The number of aromatic nitrogens is 1. The van der Waals surface area contributed by atoms with Crippen molar-refractivity contribution in [3.05, 3.63) is 17.4 Å². The van der Waals surface area contributed by atoms with Crippen LogP contribution in [0.4, 0.5) is 11.4 Å². The average molecular weight is 256 g/mol. The zero-order valence-electron chi connectivity index (χ0n) is 10.9. The summed E-state index contributed by atoms with van der Waals surface area (Å²) in [5, 5.41) is 0.637. The van der Waals surface area contributed by atoms with Gasteiger partial charge in [0.2, 0.25) is 0 Å². The van der Waals surface area contributed by atoms with Crippen LogP contribution in [0.25, 0.3) is 0 Å². The molecule has 0 saturated carbocycles. The molecule has 4 heteroatoms. The van der Waals surface area contributed by atoms with Crippen molar-refractivity contribution in [3.63, 3.8) is 0 Å². The third-order valence-corrected chi connectivity index (χ3v) is 3.51. The van der Waals surface area contributed by atoms with Crippen molar-refractivity contribution in [2.45, 2.75) is 33.6 Å². The second-order valence-corrected chi connectivity index (χ2v) is 4.69. The van der Waals surface area contributed by atoms with Crippen LogP contribution in [-0.4, -0.2) is 18.1 Å². The molecule has 3 nitrogen and oxygen atoms in total. The van der Waals surface area contributed by atoms with E-state index in [-0.39, 0.29) is 0 Å². The molecule has 0 radical (unpaired) electrons. The van der Waals surface area contributed by atoms with Crippen LogP contribution in [0.15, 0.2) is 12.4 Å². The van der Waals surface area contributed by atoms with Gasteiger partial charge in [-0.2, -0.15) is 0 Å². The summed E-state index contributed by atoms with van der Waals surface area (Å²) in [6, 6.07) is 0. The Hall–Kier alpha value is -0.960. The molecular weight excluding hydrogens is 234 g/mol. The Kier molecular flexibility index (Phi) is 5.56. The van der Waals surface area contributed by atoms with E-state index in [1.807, 2.05) is 0 Å². The van der Waals surface area contributed by atoms with Gasteiger partial charge < -0.3 is 10.6 Å². The summed E-state index contributed by atoms with van der Waals surface area (Å²) >= 11 is 6.19. The fourth-order valence-electron chi connectivity index (χ4n) is 2.01. The normalized spacial score (nSPS) is 10.9. The first-order valence-electron chi connectivity index (χ1n) is 6.27. The van der Waals surface area contributed by atoms with E-state index in [0.29, 0.717) is 16.6 Å². The van der Waals surface area contributed by atoms with E-state index >= 15 is 0 Å². The molecule has 0 fully saturated rings. The minimum absolute atomic E-state index is 0.637. The Balaban J connectivity index is 2.93. The fourth-order valence-corrected chi connectivity index (χ4v) is 2.30. The van der Waals surface area contributed by atoms with E-state index in [2.05, 4.69) is 30.7 Å². The molecular formula is C13H22ClN3. The van der Waals surface area contributed by atoms with Gasteiger partial charge in [0.05, 0.1) is 22.6 Å². The predicted octanol–water partition coefficient (Wildman–Crippen LogP) is 3.58. The molecule has 0 aliphatic rings. The topological polar surface area (TPSA) is 42.1 Å². The summed E-state index contributed by atoms with van der Waals surface area (Å²) in [5.41, 5.74) is 7.55. The van der Waals surface area contributed by atoms with Gasteiger partial charge in [0, 0.05) is 19.3 Å². The Bertz CT molecular complexity index is 330. The van der Waals surface area contributed by atoms with Gasteiger partial charge in [0.15, 0.2) is 0 Å². The molecule has 1 aromatic heterocycles. The monoisotopic (exact) mass is 255 g/mol. The molecule has 0 amide bonds. The Morgan fingerprint density at radius 1 is 1.29 bits per heavy atom. The first-order chi connectivity index (χ1) is 8.13. The van der Waals surface area contributed by atoms with Gasteiger partial charge in [-0.15, -0.1) is 0 Å². The molecule has 0 saturated heterocycles. The van der Waals surface area contributed by atoms with E-state index in [1.54, 1.807) is 12.4 Å². The summed E-state index contributed by atoms with van der Waals surface area (Å²) in [5.74, 6) is 0.679. The molecule has 17 heavy (non-hydrogen) atoms. The van der Waals surface area contributed by atoms with Crippen molar-refractivity contribution in [1.29, 1.82) is 0 Å². The van der Waals surface area contributed by atoms with Gasteiger partial charge in [-0.25, -0.2) is 0 Å². The van der Waals surface area contributed by atoms with Crippen LogP contribution in [0.1, 0.15) is 33.6 Å². The van der Waals surface area contributed by atoms with Crippen LogP contribution in [0, 0.1) is 5.92 Å². The lowest BCUT2D eigenvalue weighted by Gasteiger charge is -2.29. The van der Waals surface area contributed by atoms with Crippen molar-refractivity contribution in [2.24, 2.45) is 5.92 Å². The van der Waals surface area contributed by atoms with Crippen molar-refractivity contribution in [3.8, 4) is 0 Å². The second-order valence-electron chi connectivity index (χ2n) is 4.28. The highest BCUT2D eigenvalue weighted by molar-refractivity contribution is 6.33. The molecule has 2 N–H and O–H groups in total. The molecule has 0 aliphatic carbocycles. The number of nitrogens with two attached hydrogens (primary N) is 1. The van der Waals surface area contributed by atoms with Crippen LogP contribution >= 0.6 is 11.6 Å². The number of rotatable bonds is 6. The summed E-state index contributed by atoms with van der Waals surface area (Å²) in [4.78, 5) is 6.24. The van der Waals surface area contributed by atoms with Crippen LogP contribution in [0.2, 0.25) is 5.02 Å². The smallest absolute Gasteiger partial charge is 0.0843 e. The second kappa shape index (κ2) is 6.70. The maximum Gasteiger partial charge on any atom is 0.0843 e. The number of anilines is 2. The molecule has 1 rings (SSSR count). The number of nitrogen functional groups attached to an aromatic ring is 1. The Labute approximate surface area is 109 Å². The SMILES string of the molecule is CCC(CC)CN(CC)c1c(N)cncc1Cl. The Morgan fingerprint density at radius 2 is 1.94 bits per heavy atom. The molecule has 0 aromatic carbocycles. The molecule has 1 aromatic rings. The number of pyridine rings is 1. The lowest BCUT2D eigenvalue weighted by Crippen LogP contribution is -2.30. The molecule has 1 heterocycles. The highest BCUT2D eigenvalue weighted by atomic mass is 35.5. The Morgan fingerprint density at radius 3 is 2.41 bits per heavy atom. The van der Waals surface area contributed by atoms with Gasteiger partial charge in [-0.3, -0.25) is 4.98 Å². The van der Waals surface area contributed by atoms with Gasteiger partial charge in [0.1, 0.15) is 0 Å². The van der Waals surface area contributed by atoms with E-state index in [0.717, 1.165) is 18.8 Å². The summed E-state index contributed by atoms with van der Waals surface area (Å²) in [6.07, 6.45) is 5.67. The van der Waals surface area contributed by atoms with Crippen molar-refractivity contribution < 1.29 is 0 Å². The fraction of sp³-hybridized carbons (Fsp3) is 0.615. The molecule has 0 aliphatic heterocycles. The molecule has 0 unspecified atom stereocenters. The molecule has 0 bridgehead atoms. The number of nitrogens with zero attached hydrogens (tertiary/aromatic N) is 2. The van der Waals surface area contributed by atoms with E-state index in [4.69, 9.17) is 17.3 Å². The summed E-state index contributed by atoms with van der Waals surface area (Å²) in [7, 11) is 0. The van der Waals surface area contributed by atoms with Crippen LogP contribution < -0.4 is 10.6 Å². The highest BCUT2D eigenvalue weighted by Crippen LogP contribution is 2.31. The minimum atomic E-state index is 0.637. The number of hydrogen-bond donors (Lipinski definition) is 1. The maximum absolute atomic E-state index is 6.19. The van der Waals surface area contributed by atoms with E-state index in [9.17, 15) is 0 Å². The quantitative estimate of drug-likeness (QED) is 0.845. The third-order valence-electron chi connectivity index (χ3n) is 3.23. The maximum atomic E-state index is 6.19. The van der Waals surface area contributed by atoms with Crippen molar-refractivity contribution in [2.75, 3.05) is 23.7 Å². The minimum Gasteiger partial charge on any atom is -0.396 e. The zero-order valence-corrected chi connectivity index (χ0v) is 11.7. The molecule has 0 spiro atoms. The first-order valence-corrected chi connectivity index (χ1v) is 6.65. The standard InChI is InChI=1S/C13H22ClN3/c1-4-10(5-2)9-17(6-3)13-11(14)7-16-8-12(13)15/h7-8,10H,4-6,9,15H2,1-3H3. The lowest BCUT2D eigenvalue weighted by atomic mass is 10.0. The van der Waals surface area contributed by atoms with Gasteiger partial charge in [-0.1, -0.05) is 38.3 Å². The van der Waals surface area contributed by atoms with Crippen LogP contribution in [0.5, 0.6) is 0 Å². The van der Waals surface area contributed by atoms with Gasteiger partial charge in [0.25, 0.3) is 0 Å². The third kappa shape index (κ3) is 3.50. The molecule has 0 atom stereocenters. The summed E-state index contributed by atoms with van der Waals surface area (Å²) in [6.45, 7) is 8.47. The predicted molar refractivity (Wildman–Crippen MR) is 75.6 cm³/mol. The lowest BCUT2D eigenvalue weighted by molar-refractivity contribution is 0.486. The number of halogens is 1. The molecule has 96 valence electrons. The number of hydrogen-bond acceptors (Lipinski definition) is 3. The van der Waals surface area contributed by atoms with E-state index in [1.165, 1.54) is 12.8 Å². The van der Waals surface area contributed by atoms with Crippen molar-refractivity contribution >= 4 is 23.0 Å². The average Bonchev–Trinajstić information content (AvgIpc) is 2.33. The first kappa shape index (κ1) is 14.1. The van der Waals surface area contributed by atoms with Crippen LogP contribution in [-0.2, 0) is 0 Å². The van der Waals surface area contributed by atoms with Crippen molar-refractivity contribution in [1.82, 2.24) is 4.98 Å². The highest BCUT2D eigenvalue weighted by Gasteiger charge is 2.15. The summed E-state index contributed by atoms with van der Waals surface area (Å²) < 4.78 is 0.